The van der Waals surface area contributed by atoms with E-state index in [1.807, 2.05) is 0 Å². The summed E-state index contributed by atoms with van der Waals surface area (Å²) in [6.45, 7) is 0. The van der Waals surface area contributed by atoms with E-state index in [9.17, 15) is 9.59 Å². The molecule has 0 bridgehead atoms. The van der Waals surface area contributed by atoms with Crippen LogP contribution in [0.3, 0.4) is 0 Å². The van der Waals surface area contributed by atoms with Crippen molar-refractivity contribution in [2.45, 2.75) is 0 Å². The summed E-state index contributed by atoms with van der Waals surface area (Å²) in [6.07, 6.45) is 0. The maximum Gasteiger partial charge on any atom is 0.368 e. The molecule has 76 valence electrons. The van der Waals surface area contributed by atoms with Gasteiger partial charge in [-0.1, -0.05) is 23.2 Å². The monoisotopic (exact) mass is 245 g/mol. The first-order chi connectivity index (χ1) is 7.00. The average Bonchev–Trinajstić information content (AvgIpc) is 2.45. The zero-order valence-electron chi connectivity index (χ0n) is 6.86. The van der Waals surface area contributed by atoms with Crippen LogP contribution >= 0.6 is 23.2 Å². The third-order valence-corrected chi connectivity index (χ3v) is 2.22. The number of aromatic nitrogens is 1. The number of hydrogen-bond donors (Lipinski definition) is 1. The van der Waals surface area contributed by atoms with Gasteiger partial charge in [0.25, 0.3) is 0 Å². The van der Waals surface area contributed by atoms with Crippen LogP contribution in [0.1, 0.15) is 10.4 Å². The Kier molecular flexibility index (Phi) is 2.17. The summed E-state index contributed by atoms with van der Waals surface area (Å²) in [7, 11) is 0. The molecule has 6 nitrogen and oxygen atoms in total. The molecular formula is C7HCl2N3O3. The molecule has 0 saturated heterocycles. The van der Waals surface area contributed by atoms with Crippen molar-refractivity contribution in [3.05, 3.63) is 26.6 Å². The quantitative estimate of drug-likeness (QED) is 0.728. The summed E-state index contributed by atoms with van der Waals surface area (Å²) in [5.41, 5.74) is -0.370. The summed E-state index contributed by atoms with van der Waals surface area (Å²) < 4.78 is 0. The first-order valence-corrected chi connectivity index (χ1v) is 4.36. The molecule has 0 aromatic carbocycles. The number of nitrogens with zero attached hydrogens (tertiary/aromatic N) is 3. The van der Waals surface area contributed by atoms with Crippen LogP contribution in [0.15, 0.2) is 9.98 Å². The van der Waals surface area contributed by atoms with Gasteiger partial charge in [-0.15, -0.1) is 0 Å². The molecule has 0 aliphatic carbocycles. The van der Waals surface area contributed by atoms with E-state index in [0.717, 1.165) is 0 Å². The molecule has 2 amide bonds. The second-order valence-electron chi connectivity index (χ2n) is 2.58. The van der Waals surface area contributed by atoms with Crippen molar-refractivity contribution in [2.24, 2.45) is 9.98 Å². The number of hydrogen-bond acceptors (Lipinski definition) is 3. The lowest BCUT2D eigenvalue weighted by molar-refractivity contribution is 0.0695. The van der Waals surface area contributed by atoms with Crippen LogP contribution in [0.5, 0.6) is 0 Å². The summed E-state index contributed by atoms with van der Waals surface area (Å²) in [6, 6.07) is -0.821. The highest BCUT2D eigenvalue weighted by Crippen LogP contribution is 2.11. The van der Waals surface area contributed by atoms with Crippen molar-refractivity contribution in [2.75, 3.05) is 0 Å². The van der Waals surface area contributed by atoms with Crippen LogP contribution in [0, 0.1) is 0 Å². The van der Waals surface area contributed by atoms with E-state index >= 15 is 0 Å². The first kappa shape index (κ1) is 10.0. The number of carboxylic acids is 1. The molecule has 0 fully saturated rings. The molecule has 1 aromatic heterocycles. The molecule has 1 aliphatic heterocycles. The van der Waals surface area contributed by atoms with Gasteiger partial charge in [0.05, 0.1) is 0 Å². The second kappa shape index (κ2) is 3.25. The van der Waals surface area contributed by atoms with Crippen molar-refractivity contribution in [1.29, 1.82) is 0 Å². The van der Waals surface area contributed by atoms with Crippen LogP contribution in [-0.4, -0.2) is 22.1 Å². The van der Waals surface area contributed by atoms with E-state index in [4.69, 9.17) is 28.3 Å². The molecule has 0 atom stereocenters. The van der Waals surface area contributed by atoms with Gasteiger partial charge < -0.3 is 5.11 Å². The summed E-state index contributed by atoms with van der Waals surface area (Å²) in [4.78, 5) is 32.1. The van der Waals surface area contributed by atoms with Gasteiger partial charge >= 0.3 is 12.0 Å². The highest BCUT2D eigenvalue weighted by Gasteiger charge is 2.21. The van der Waals surface area contributed by atoms with Gasteiger partial charge in [-0.2, -0.15) is 9.98 Å². The van der Waals surface area contributed by atoms with Crippen molar-refractivity contribution >= 4 is 35.2 Å². The van der Waals surface area contributed by atoms with Gasteiger partial charge in [0, 0.05) is 0 Å². The molecule has 0 spiro atoms. The van der Waals surface area contributed by atoms with Crippen molar-refractivity contribution < 1.29 is 14.7 Å². The fourth-order valence-corrected chi connectivity index (χ4v) is 1.64. The fourth-order valence-electron chi connectivity index (χ4n) is 1.12. The zero-order valence-corrected chi connectivity index (χ0v) is 8.37. The second-order valence-corrected chi connectivity index (χ2v) is 3.29. The summed E-state index contributed by atoms with van der Waals surface area (Å²) in [5, 5.41) is 8.17. The third-order valence-electron chi connectivity index (χ3n) is 1.69. The van der Waals surface area contributed by atoms with Crippen molar-refractivity contribution in [1.82, 2.24) is 4.98 Å². The van der Waals surface area contributed by atoms with E-state index in [0.29, 0.717) is 0 Å². The molecule has 0 saturated carbocycles. The number of rotatable bonds is 1. The minimum Gasteiger partial charge on any atom is -0.478 e. The normalized spacial score (nSPS) is 13.1. The van der Waals surface area contributed by atoms with Crippen molar-refractivity contribution in [3.63, 3.8) is 0 Å². The Hall–Kier alpha value is -1.53. The lowest BCUT2D eigenvalue weighted by Gasteiger charge is -1.97. The molecule has 2 rings (SSSR count). The molecule has 1 aromatic rings. The number of carboxylic acid groups (broad SMARTS) is 1. The van der Waals surface area contributed by atoms with Gasteiger partial charge in [0.1, 0.15) is 21.4 Å². The van der Waals surface area contributed by atoms with Crippen molar-refractivity contribution in [3.8, 4) is 0 Å². The SMILES string of the molecule is O=C1N=c2c(Cl)nc(Cl)c(C(=O)O)c2=N1. The van der Waals surface area contributed by atoms with Gasteiger partial charge in [-0.05, 0) is 0 Å². The average molecular weight is 246 g/mol. The van der Waals surface area contributed by atoms with E-state index in [-0.39, 0.29) is 26.6 Å². The number of carbonyl (C=O) groups is 2. The van der Waals surface area contributed by atoms with E-state index in [1.54, 1.807) is 0 Å². The molecular weight excluding hydrogens is 245 g/mol. The Morgan fingerprint density at radius 3 is 2.33 bits per heavy atom. The number of pyridine rings is 1. The van der Waals surface area contributed by atoms with Crippen LogP contribution in [0.2, 0.25) is 10.3 Å². The molecule has 8 heteroatoms. The number of aromatic carboxylic acids is 1. The number of amides is 2. The third kappa shape index (κ3) is 1.47. The molecule has 1 aliphatic rings. The Balaban J connectivity index is 3.00. The van der Waals surface area contributed by atoms with Crippen LogP contribution in [0.25, 0.3) is 0 Å². The highest BCUT2D eigenvalue weighted by molar-refractivity contribution is 6.34. The first-order valence-electron chi connectivity index (χ1n) is 3.60. The van der Waals surface area contributed by atoms with E-state index in [1.165, 1.54) is 0 Å². The topological polar surface area (TPSA) is 92.0 Å². The lowest BCUT2D eigenvalue weighted by atomic mass is 10.2. The van der Waals surface area contributed by atoms with Crippen LogP contribution < -0.4 is 10.7 Å². The maximum absolute atomic E-state index is 10.9. The zero-order chi connectivity index (χ0) is 11.2. The predicted octanol–water partition coefficient (Wildman–Crippen LogP) is 0.459. The molecule has 1 N–H and O–H groups in total. The number of fused-ring (bicyclic) bond motifs is 1. The number of halogens is 2. The summed E-state index contributed by atoms with van der Waals surface area (Å²) in [5.74, 6) is -1.34. The Bertz CT molecular complexity index is 611. The van der Waals surface area contributed by atoms with E-state index < -0.39 is 12.0 Å². The number of carbonyl (C=O) groups excluding carboxylic acids is 1. The Morgan fingerprint density at radius 2 is 1.73 bits per heavy atom. The largest absolute Gasteiger partial charge is 0.478 e. The molecule has 0 unspecified atom stereocenters. The lowest BCUT2D eigenvalue weighted by Crippen LogP contribution is -2.31. The summed E-state index contributed by atoms with van der Waals surface area (Å²) >= 11 is 11.2. The highest BCUT2D eigenvalue weighted by atomic mass is 35.5. The smallest absolute Gasteiger partial charge is 0.368 e. The van der Waals surface area contributed by atoms with Gasteiger partial charge in [-0.3, -0.25) is 0 Å². The van der Waals surface area contributed by atoms with Crippen LogP contribution in [-0.2, 0) is 0 Å². The van der Waals surface area contributed by atoms with E-state index in [2.05, 4.69) is 15.0 Å². The Labute approximate surface area is 91.9 Å². The molecule has 0 radical (unpaired) electrons. The Morgan fingerprint density at radius 1 is 1.13 bits per heavy atom. The minimum atomic E-state index is -1.34. The van der Waals surface area contributed by atoms with Gasteiger partial charge in [0.2, 0.25) is 0 Å². The van der Waals surface area contributed by atoms with Gasteiger partial charge in [0.15, 0.2) is 5.15 Å². The fraction of sp³-hybridized carbons (Fsp3) is 0. The van der Waals surface area contributed by atoms with Gasteiger partial charge in [-0.25, -0.2) is 14.6 Å². The molecule has 2 heterocycles. The van der Waals surface area contributed by atoms with Crippen LogP contribution in [0.4, 0.5) is 4.79 Å². The predicted molar refractivity (Wildman–Crippen MR) is 48.9 cm³/mol. The molecule has 15 heavy (non-hydrogen) atoms. The standard InChI is InChI=1S/C7HCl2N3O3/c8-4-1(6(13)14)2-3(5(9)12-4)11-7(15)10-2/h(H,13,14). The maximum atomic E-state index is 10.9. The number of urea groups is 1. The minimum absolute atomic E-state index is 0.0523.